The van der Waals surface area contributed by atoms with Crippen LogP contribution >= 0.6 is 0 Å². The monoisotopic (exact) mass is 369 g/mol. The lowest BCUT2D eigenvalue weighted by atomic mass is 10.1. The van der Waals surface area contributed by atoms with Crippen LogP contribution in [-0.4, -0.2) is 48.8 Å². The van der Waals surface area contributed by atoms with E-state index in [1.807, 2.05) is 48.5 Å². The molecule has 2 atom stereocenters. The summed E-state index contributed by atoms with van der Waals surface area (Å²) >= 11 is 0. The summed E-state index contributed by atoms with van der Waals surface area (Å²) in [5.41, 5.74) is 2.15. The van der Waals surface area contributed by atoms with Crippen LogP contribution in [0.25, 0.3) is 0 Å². The van der Waals surface area contributed by atoms with Crippen molar-refractivity contribution in [3.8, 4) is 11.5 Å². The molecule has 0 radical (unpaired) electrons. The van der Waals surface area contributed by atoms with E-state index in [9.17, 15) is 4.79 Å². The van der Waals surface area contributed by atoms with Crippen LogP contribution in [0.5, 0.6) is 11.5 Å². The van der Waals surface area contributed by atoms with E-state index in [2.05, 4.69) is 4.90 Å². The van der Waals surface area contributed by atoms with E-state index >= 15 is 0 Å². The van der Waals surface area contributed by atoms with Crippen molar-refractivity contribution in [3.63, 3.8) is 0 Å². The van der Waals surface area contributed by atoms with Crippen LogP contribution in [0.15, 0.2) is 48.5 Å². The molecule has 2 unspecified atom stereocenters. The average Bonchev–Trinajstić information content (AvgIpc) is 3.10. The van der Waals surface area contributed by atoms with Crippen LogP contribution in [0.4, 0.5) is 0 Å². The third-order valence-electron chi connectivity index (χ3n) is 4.98. The van der Waals surface area contributed by atoms with Crippen molar-refractivity contribution in [2.45, 2.75) is 18.6 Å². The standard InChI is InChI=1S/C21H23NO5/c23-21(24)9-10-22-11-12-25-19(13-22)15-5-7-16(8-6-15)27-20-14-26-18-4-2-1-3-17(18)20/h1-8,19-20H,9-14H2,(H,23,24). The van der Waals surface area contributed by atoms with Gasteiger partial charge >= 0.3 is 5.97 Å². The second kappa shape index (κ2) is 7.98. The van der Waals surface area contributed by atoms with E-state index in [1.165, 1.54) is 0 Å². The number of carboxylic acid groups (broad SMARTS) is 1. The fourth-order valence-electron chi connectivity index (χ4n) is 3.52. The maximum atomic E-state index is 10.8. The van der Waals surface area contributed by atoms with Gasteiger partial charge in [0, 0.05) is 25.2 Å². The molecule has 0 spiro atoms. The van der Waals surface area contributed by atoms with Gasteiger partial charge in [0.2, 0.25) is 0 Å². The van der Waals surface area contributed by atoms with Crippen molar-refractivity contribution in [3.05, 3.63) is 59.7 Å². The number of nitrogens with zero attached hydrogens (tertiary/aromatic N) is 1. The average molecular weight is 369 g/mol. The Morgan fingerprint density at radius 3 is 2.81 bits per heavy atom. The van der Waals surface area contributed by atoms with Gasteiger partial charge in [-0.1, -0.05) is 30.3 Å². The molecule has 0 aliphatic carbocycles. The first-order chi connectivity index (χ1) is 13.2. The number of fused-ring (bicyclic) bond motifs is 1. The van der Waals surface area contributed by atoms with Gasteiger partial charge in [-0.2, -0.15) is 0 Å². The van der Waals surface area contributed by atoms with E-state index < -0.39 is 5.97 Å². The SMILES string of the molecule is O=C(O)CCN1CCOC(c2ccc(OC3COc4ccccc43)cc2)C1. The number of hydrogen-bond acceptors (Lipinski definition) is 5. The number of benzene rings is 2. The summed E-state index contributed by atoms with van der Waals surface area (Å²) in [6, 6.07) is 15.9. The predicted molar refractivity (Wildman–Crippen MR) is 99.1 cm³/mol. The first-order valence-corrected chi connectivity index (χ1v) is 9.23. The summed E-state index contributed by atoms with van der Waals surface area (Å²) in [6.45, 7) is 3.16. The molecule has 0 amide bonds. The normalized spacial score (nSPS) is 22.1. The zero-order chi connectivity index (χ0) is 18.6. The zero-order valence-corrected chi connectivity index (χ0v) is 15.0. The van der Waals surface area contributed by atoms with Gasteiger partial charge in [-0.05, 0) is 23.8 Å². The number of hydrogen-bond donors (Lipinski definition) is 1. The van der Waals surface area contributed by atoms with Crippen LogP contribution in [-0.2, 0) is 9.53 Å². The predicted octanol–water partition coefficient (Wildman–Crippen LogP) is 3.05. The van der Waals surface area contributed by atoms with E-state index in [0.717, 1.165) is 29.2 Å². The Bertz CT molecular complexity index is 791. The Morgan fingerprint density at radius 2 is 2.00 bits per heavy atom. The van der Waals surface area contributed by atoms with Crippen molar-refractivity contribution in [2.24, 2.45) is 0 Å². The van der Waals surface area contributed by atoms with Gasteiger partial charge in [-0.25, -0.2) is 0 Å². The van der Waals surface area contributed by atoms with Crippen LogP contribution in [0, 0.1) is 0 Å². The first-order valence-electron chi connectivity index (χ1n) is 9.23. The molecule has 1 fully saturated rings. The molecule has 6 nitrogen and oxygen atoms in total. The van der Waals surface area contributed by atoms with Crippen molar-refractivity contribution >= 4 is 5.97 Å². The van der Waals surface area contributed by atoms with Gasteiger partial charge in [-0.15, -0.1) is 0 Å². The molecule has 0 saturated carbocycles. The Morgan fingerprint density at radius 1 is 1.19 bits per heavy atom. The number of para-hydroxylation sites is 1. The molecule has 0 aromatic heterocycles. The third kappa shape index (κ3) is 4.23. The quantitative estimate of drug-likeness (QED) is 0.844. The highest BCUT2D eigenvalue weighted by Gasteiger charge is 2.26. The molecule has 4 rings (SSSR count). The van der Waals surface area contributed by atoms with Crippen LogP contribution < -0.4 is 9.47 Å². The highest BCUT2D eigenvalue weighted by molar-refractivity contribution is 5.66. The maximum absolute atomic E-state index is 10.8. The summed E-state index contributed by atoms with van der Waals surface area (Å²) < 4.78 is 17.6. The van der Waals surface area contributed by atoms with E-state index in [0.29, 0.717) is 26.3 Å². The minimum atomic E-state index is -0.767. The zero-order valence-electron chi connectivity index (χ0n) is 15.0. The first kappa shape index (κ1) is 17.8. The molecule has 2 aromatic carbocycles. The minimum Gasteiger partial charge on any atom is -0.489 e. The van der Waals surface area contributed by atoms with Crippen LogP contribution in [0.1, 0.15) is 29.8 Å². The van der Waals surface area contributed by atoms with Gasteiger partial charge in [0.25, 0.3) is 0 Å². The summed E-state index contributed by atoms with van der Waals surface area (Å²) in [5.74, 6) is 0.913. The highest BCUT2D eigenvalue weighted by atomic mass is 16.5. The van der Waals surface area contributed by atoms with Crippen molar-refractivity contribution in [1.82, 2.24) is 4.90 Å². The van der Waals surface area contributed by atoms with E-state index in [-0.39, 0.29) is 18.6 Å². The summed E-state index contributed by atoms with van der Waals surface area (Å²) in [5, 5.41) is 8.86. The number of ether oxygens (including phenoxy) is 3. The fraction of sp³-hybridized carbons (Fsp3) is 0.381. The van der Waals surface area contributed by atoms with Gasteiger partial charge in [0.15, 0.2) is 6.10 Å². The number of morpholine rings is 1. The smallest absolute Gasteiger partial charge is 0.304 e. The summed E-state index contributed by atoms with van der Waals surface area (Å²) in [4.78, 5) is 12.9. The summed E-state index contributed by atoms with van der Waals surface area (Å²) in [7, 11) is 0. The van der Waals surface area contributed by atoms with Crippen molar-refractivity contribution in [2.75, 3.05) is 32.8 Å². The molecule has 27 heavy (non-hydrogen) atoms. The molecule has 6 heteroatoms. The second-order valence-corrected chi connectivity index (χ2v) is 6.83. The van der Waals surface area contributed by atoms with Crippen LogP contribution in [0.2, 0.25) is 0 Å². The van der Waals surface area contributed by atoms with Crippen LogP contribution in [0.3, 0.4) is 0 Å². The molecule has 0 bridgehead atoms. The molecule has 2 aromatic rings. The highest BCUT2D eigenvalue weighted by Crippen LogP contribution is 2.35. The van der Waals surface area contributed by atoms with Crippen molar-refractivity contribution in [1.29, 1.82) is 0 Å². The van der Waals surface area contributed by atoms with E-state index in [1.54, 1.807) is 0 Å². The molecular formula is C21H23NO5. The number of carbonyl (C=O) groups is 1. The Hall–Kier alpha value is -2.57. The number of carboxylic acids is 1. The lowest BCUT2D eigenvalue weighted by Gasteiger charge is -2.32. The topological polar surface area (TPSA) is 68.2 Å². The van der Waals surface area contributed by atoms with Crippen molar-refractivity contribution < 1.29 is 24.1 Å². The largest absolute Gasteiger partial charge is 0.489 e. The molecule has 2 aliphatic rings. The lowest BCUT2D eigenvalue weighted by Crippen LogP contribution is -2.39. The lowest BCUT2D eigenvalue weighted by molar-refractivity contribution is -0.137. The molecule has 142 valence electrons. The Balaban J connectivity index is 1.37. The molecule has 2 heterocycles. The Labute approximate surface area is 158 Å². The van der Waals surface area contributed by atoms with Gasteiger partial charge in [0.1, 0.15) is 18.1 Å². The molecule has 2 aliphatic heterocycles. The minimum absolute atomic E-state index is 0.0443. The van der Waals surface area contributed by atoms with Gasteiger partial charge in [0.05, 0.1) is 19.1 Å². The van der Waals surface area contributed by atoms with E-state index in [4.69, 9.17) is 19.3 Å². The molecule has 1 saturated heterocycles. The Kier molecular flexibility index (Phi) is 5.27. The molecule has 1 N–H and O–H groups in total. The summed E-state index contributed by atoms with van der Waals surface area (Å²) in [6.07, 6.45) is 0.0198. The second-order valence-electron chi connectivity index (χ2n) is 6.83. The molecular weight excluding hydrogens is 346 g/mol. The number of aliphatic carboxylic acids is 1. The van der Waals surface area contributed by atoms with Gasteiger partial charge in [-0.3, -0.25) is 9.69 Å². The third-order valence-corrected chi connectivity index (χ3v) is 4.98. The fourth-order valence-corrected chi connectivity index (χ4v) is 3.52. The maximum Gasteiger partial charge on any atom is 0.304 e. The number of rotatable bonds is 6. The van der Waals surface area contributed by atoms with Gasteiger partial charge < -0.3 is 19.3 Å².